The minimum absolute atomic E-state index is 0.472. The van der Waals surface area contributed by atoms with Gasteiger partial charge in [0.15, 0.2) is 0 Å². The van der Waals surface area contributed by atoms with Crippen LogP contribution in [0.5, 0.6) is 0 Å². The maximum atomic E-state index is 4.44. The highest BCUT2D eigenvalue weighted by molar-refractivity contribution is 9.09. The molecule has 0 aromatic heterocycles. The van der Waals surface area contributed by atoms with E-state index in [1.54, 1.807) is 0 Å². The second-order valence-corrected chi connectivity index (χ2v) is 4.33. The number of nitrogens with one attached hydrogen (secondary N) is 1. The molecule has 1 heterocycles. The van der Waals surface area contributed by atoms with Crippen LogP contribution < -0.4 is 5.32 Å². The lowest BCUT2D eigenvalue weighted by molar-refractivity contribution is 0.768. The Morgan fingerprint density at radius 2 is 2.08 bits per heavy atom. The molecule has 0 fully saturated rings. The highest BCUT2D eigenvalue weighted by atomic mass is 79.9. The van der Waals surface area contributed by atoms with Gasteiger partial charge in [-0.15, -0.1) is 0 Å². The predicted molar refractivity (Wildman–Crippen MR) is 58.6 cm³/mol. The molecule has 2 nitrogen and oxygen atoms in total. The summed E-state index contributed by atoms with van der Waals surface area (Å²) < 4.78 is 0. The summed E-state index contributed by atoms with van der Waals surface area (Å²) >= 11 is 3.52. The standard InChI is InChI=1S/C10H11BrN2/c11-9-6-12-10(13-7-9)8-4-2-1-3-5-8/h1-5,9H,6-7H2,(H,12,13). The van der Waals surface area contributed by atoms with Gasteiger partial charge in [-0.05, 0) is 0 Å². The molecular weight excluding hydrogens is 228 g/mol. The van der Waals surface area contributed by atoms with Crippen molar-refractivity contribution in [2.45, 2.75) is 4.83 Å². The molecule has 13 heavy (non-hydrogen) atoms. The van der Waals surface area contributed by atoms with Gasteiger partial charge in [0, 0.05) is 12.1 Å². The van der Waals surface area contributed by atoms with Crippen molar-refractivity contribution in [3.05, 3.63) is 35.9 Å². The lowest BCUT2D eigenvalue weighted by Crippen LogP contribution is -2.36. The number of hydrogen-bond acceptors (Lipinski definition) is 2. The Kier molecular flexibility index (Phi) is 2.64. The Balaban J connectivity index is 2.19. The Morgan fingerprint density at radius 3 is 2.69 bits per heavy atom. The van der Waals surface area contributed by atoms with E-state index in [1.807, 2.05) is 18.2 Å². The van der Waals surface area contributed by atoms with E-state index in [1.165, 1.54) is 5.56 Å². The van der Waals surface area contributed by atoms with E-state index in [-0.39, 0.29) is 0 Å². The van der Waals surface area contributed by atoms with Gasteiger partial charge in [0.1, 0.15) is 5.84 Å². The fourth-order valence-corrected chi connectivity index (χ4v) is 1.61. The van der Waals surface area contributed by atoms with Crippen LogP contribution in [-0.2, 0) is 0 Å². The van der Waals surface area contributed by atoms with E-state index < -0.39 is 0 Å². The van der Waals surface area contributed by atoms with Crippen LogP contribution in [0, 0.1) is 0 Å². The molecule has 0 saturated carbocycles. The van der Waals surface area contributed by atoms with Crippen LogP contribution in [0.1, 0.15) is 5.56 Å². The summed E-state index contributed by atoms with van der Waals surface area (Å²) in [6.07, 6.45) is 0. The molecule has 1 aliphatic rings. The molecule has 1 unspecified atom stereocenters. The van der Waals surface area contributed by atoms with E-state index >= 15 is 0 Å². The number of nitrogens with zero attached hydrogens (tertiary/aromatic N) is 1. The molecule has 1 N–H and O–H groups in total. The molecule has 1 aromatic rings. The summed E-state index contributed by atoms with van der Waals surface area (Å²) in [6.45, 7) is 1.81. The zero-order valence-electron chi connectivity index (χ0n) is 7.20. The largest absolute Gasteiger partial charge is 0.369 e. The smallest absolute Gasteiger partial charge is 0.128 e. The second-order valence-electron chi connectivity index (χ2n) is 3.03. The lowest BCUT2D eigenvalue weighted by Gasteiger charge is -2.18. The summed E-state index contributed by atoms with van der Waals surface area (Å²) in [4.78, 5) is 4.91. The van der Waals surface area contributed by atoms with Crippen molar-refractivity contribution in [3.63, 3.8) is 0 Å². The highest BCUT2D eigenvalue weighted by Gasteiger charge is 2.12. The van der Waals surface area contributed by atoms with E-state index in [0.717, 1.165) is 18.9 Å². The first kappa shape index (κ1) is 8.75. The summed E-state index contributed by atoms with van der Waals surface area (Å²) in [5.74, 6) is 1.01. The Labute approximate surface area is 86.2 Å². The van der Waals surface area contributed by atoms with Crippen LogP contribution in [-0.4, -0.2) is 23.8 Å². The Morgan fingerprint density at radius 1 is 1.31 bits per heavy atom. The van der Waals surface area contributed by atoms with Crippen LogP contribution in [0.2, 0.25) is 0 Å². The Bertz CT molecular complexity index is 308. The molecule has 0 saturated heterocycles. The predicted octanol–water partition coefficient (Wildman–Crippen LogP) is 1.80. The third-order valence-corrected chi connectivity index (χ3v) is 2.60. The fourth-order valence-electron chi connectivity index (χ4n) is 1.31. The molecule has 0 radical (unpaired) electrons. The quantitative estimate of drug-likeness (QED) is 0.742. The van der Waals surface area contributed by atoms with Crippen LogP contribution in [0.15, 0.2) is 35.3 Å². The topological polar surface area (TPSA) is 24.4 Å². The van der Waals surface area contributed by atoms with Crippen molar-refractivity contribution >= 4 is 21.8 Å². The van der Waals surface area contributed by atoms with Crippen molar-refractivity contribution in [3.8, 4) is 0 Å². The van der Waals surface area contributed by atoms with E-state index in [2.05, 4.69) is 38.4 Å². The summed E-state index contributed by atoms with van der Waals surface area (Å²) in [7, 11) is 0. The van der Waals surface area contributed by atoms with Crippen molar-refractivity contribution in [2.75, 3.05) is 13.1 Å². The van der Waals surface area contributed by atoms with Gasteiger partial charge in [-0.3, -0.25) is 4.99 Å². The SMILES string of the molecule is BrC1CN=C(c2ccccc2)NC1. The van der Waals surface area contributed by atoms with Crippen molar-refractivity contribution < 1.29 is 0 Å². The van der Waals surface area contributed by atoms with Crippen molar-refractivity contribution in [2.24, 2.45) is 4.99 Å². The van der Waals surface area contributed by atoms with Crippen molar-refractivity contribution in [1.82, 2.24) is 5.32 Å². The molecule has 1 aromatic carbocycles. The van der Waals surface area contributed by atoms with Gasteiger partial charge in [-0.25, -0.2) is 0 Å². The maximum absolute atomic E-state index is 4.44. The first-order chi connectivity index (χ1) is 6.36. The van der Waals surface area contributed by atoms with Crippen LogP contribution in [0.25, 0.3) is 0 Å². The minimum atomic E-state index is 0.472. The van der Waals surface area contributed by atoms with Gasteiger partial charge in [0.25, 0.3) is 0 Å². The van der Waals surface area contributed by atoms with Crippen LogP contribution >= 0.6 is 15.9 Å². The molecule has 0 spiro atoms. The van der Waals surface area contributed by atoms with Crippen LogP contribution in [0.4, 0.5) is 0 Å². The molecule has 0 aliphatic carbocycles. The van der Waals surface area contributed by atoms with Gasteiger partial charge in [-0.1, -0.05) is 46.3 Å². The lowest BCUT2D eigenvalue weighted by atomic mass is 10.2. The maximum Gasteiger partial charge on any atom is 0.128 e. The molecule has 1 atom stereocenters. The normalized spacial score (nSPS) is 21.9. The zero-order chi connectivity index (χ0) is 9.10. The zero-order valence-corrected chi connectivity index (χ0v) is 8.79. The molecule has 1 aliphatic heterocycles. The summed E-state index contributed by atoms with van der Waals surface area (Å²) in [5, 5.41) is 3.29. The monoisotopic (exact) mass is 238 g/mol. The number of rotatable bonds is 1. The Hall–Kier alpha value is -0.830. The number of halogens is 1. The van der Waals surface area contributed by atoms with E-state index in [4.69, 9.17) is 0 Å². The van der Waals surface area contributed by atoms with Gasteiger partial charge in [0.05, 0.1) is 11.4 Å². The minimum Gasteiger partial charge on any atom is -0.369 e. The first-order valence-corrected chi connectivity index (χ1v) is 5.25. The van der Waals surface area contributed by atoms with Gasteiger partial charge in [0.2, 0.25) is 0 Å². The van der Waals surface area contributed by atoms with Crippen LogP contribution in [0.3, 0.4) is 0 Å². The third kappa shape index (κ3) is 2.10. The molecule has 0 bridgehead atoms. The molecule has 3 heteroatoms. The number of alkyl halides is 1. The molecule has 68 valence electrons. The fraction of sp³-hybridized carbons (Fsp3) is 0.300. The average molecular weight is 239 g/mol. The summed E-state index contributed by atoms with van der Waals surface area (Å²) in [5.41, 5.74) is 1.17. The van der Waals surface area contributed by atoms with E-state index in [0.29, 0.717) is 4.83 Å². The van der Waals surface area contributed by atoms with Gasteiger partial charge >= 0.3 is 0 Å². The van der Waals surface area contributed by atoms with Gasteiger partial charge in [-0.2, -0.15) is 0 Å². The molecular formula is C10H11BrN2. The molecule has 2 rings (SSSR count). The number of amidine groups is 1. The second kappa shape index (κ2) is 3.92. The van der Waals surface area contributed by atoms with Crippen molar-refractivity contribution in [1.29, 1.82) is 0 Å². The van der Waals surface area contributed by atoms with E-state index in [9.17, 15) is 0 Å². The number of hydrogen-bond donors (Lipinski definition) is 1. The number of benzene rings is 1. The average Bonchev–Trinajstić information content (AvgIpc) is 2.20. The molecule has 0 amide bonds. The number of aliphatic imine (C=N–C) groups is 1. The summed E-state index contributed by atoms with van der Waals surface area (Å²) in [6, 6.07) is 10.2. The highest BCUT2D eigenvalue weighted by Crippen LogP contribution is 2.07. The van der Waals surface area contributed by atoms with Gasteiger partial charge < -0.3 is 5.32 Å². The first-order valence-electron chi connectivity index (χ1n) is 4.34. The third-order valence-electron chi connectivity index (χ3n) is 1.99.